The summed E-state index contributed by atoms with van der Waals surface area (Å²) in [6.45, 7) is 4.70. The van der Waals surface area contributed by atoms with Crippen LogP contribution in [0.25, 0.3) is 78.1 Å². The first-order valence-electron chi connectivity index (χ1n) is 16.9. The Labute approximate surface area is 287 Å². The zero-order valence-corrected chi connectivity index (χ0v) is 27.6. The summed E-state index contributed by atoms with van der Waals surface area (Å²) in [6.07, 6.45) is 0. The second kappa shape index (κ2) is 11.5. The average Bonchev–Trinajstić information content (AvgIpc) is 3.41. The average molecular weight is 627 g/mol. The highest BCUT2D eigenvalue weighted by molar-refractivity contribution is 5.90. The van der Waals surface area contributed by atoms with Gasteiger partial charge in [-0.1, -0.05) is 166 Å². The Balaban J connectivity index is 1.18. The van der Waals surface area contributed by atoms with Gasteiger partial charge in [0.2, 0.25) is 0 Å². The Kier molecular flexibility index (Phi) is 6.84. The van der Waals surface area contributed by atoms with Crippen molar-refractivity contribution in [1.29, 1.82) is 0 Å². The van der Waals surface area contributed by atoms with Crippen LogP contribution in [-0.4, -0.2) is 9.97 Å². The predicted octanol–water partition coefficient (Wildman–Crippen LogP) is 12.3. The van der Waals surface area contributed by atoms with Crippen LogP contribution in [0.3, 0.4) is 0 Å². The molecule has 8 aromatic rings. The first kappa shape index (κ1) is 29.1. The molecule has 0 saturated heterocycles. The van der Waals surface area contributed by atoms with E-state index in [0.29, 0.717) is 5.82 Å². The van der Waals surface area contributed by atoms with Crippen LogP contribution in [-0.2, 0) is 5.41 Å². The van der Waals surface area contributed by atoms with Gasteiger partial charge in [0, 0.05) is 22.1 Å². The molecule has 0 atom stereocenters. The standard InChI is InChI=1S/C47H34N2/c1-47(2)42-21-9-8-18-40(42)41-20-11-19-39(45(41)47)36-16-10-17-37(29-36)44-30-43(34-25-22-33(23-26-34)31-12-4-3-5-13-31)48-46(49-44)38-27-24-32-14-6-7-15-35(32)28-38/h3-30H,1-2H3. The van der Waals surface area contributed by atoms with Crippen molar-refractivity contribution in [2.45, 2.75) is 19.3 Å². The molecule has 1 aliphatic carbocycles. The second-order valence-electron chi connectivity index (χ2n) is 13.4. The van der Waals surface area contributed by atoms with Crippen molar-refractivity contribution >= 4 is 10.8 Å². The molecule has 7 aromatic carbocycles. The van der Waals surface area contributed by atoms with Gasteiger partial charge in [0.1, 0.15) is 0 Å². The Hall–Kier alpha value is -6.12. The molecule has 1 aromatic heterocycles. The highest BCUT2D eigenvalue weighted by atomic mass is 14.9. The van der Waals surface area contributed by atoms with E-state index in [1.54, 1.807) is 0 Å². The van der Waals surface area contributed by atoms with Crippen LogP contribution >= 0.6 is 0 Å². The Bertz CT molecular complexity index is 2510. The van der Waals surface area contributed by atoms with Crippen LogP contribution in [0.5, 0.6) is 0 Å². The van der Waals surface area contributed by atoms with Crippen LogP contribution < -0.4 is 0 Å². The number of nitrogens with zero attached hydrogens (tertiary/aromatic N) is 2. The highest BCUT2D eigenvalue weighted by Crippen LogP contribution is 2.52. The Morgan fingerprint density at radius 3 is 1.78 bits per heavy atom. The van der Waals surface area contributed by atoms with E-state index in [2.05, 4.69) is 184 Å². The van der Waals surface area contributed by atoms with Gasteiger partial charge in [-0.2, -0.15) is 0 Å². The minimum atomic E-state index is -0.101. The monoisotopic (exact) mass is 626 g/mol. The van der Waals surface area contributed by atoms with Crippen molar-refractivity contribution in [2.75, 3.05) is 0 Å². The third-order valence-corrected chi connectivity index (χ3v) is 10.1. The third kappa shape index (κ3) is 5.05. The molecule has 1 aliphatic rings. The number of aromatic nitrogens is 2. The van der Waals surface area contributed by atoms with E-state index in [-0.39, 0.29) is 5.41 Å². The maximum absolute atomic E-state index is 5.23. The van der Waals surface area contributed by atoms with E-state index >= 15 is 0 Å². The molecular weight excluding hydrogens is 593 g/mol. The molecule has 0 bridgehead atoms. The predicted molar refractivity (Wildman–Crippen MR) is 204 cm³/mol. The summed E-state index contributed by atoms with van der Waals surface area (Å²) < 4.78 is 0. The first-order chi connectivity index (χ1) is 24.0. The van der Waals surface area contributed by atoms with Crippen molar-refractivity contribution in [3.05, 3.63) is 181 Å². The van der Waals surface area contributed by atoms with Gasteiger partial charge in [0.05, 0.1) is 11.4 Å². The quantitative estimate of drug-likeness (QED) is 0.190. The largest absolute Gasteiger partial charge is 0.228 e. The normalized spacial score (nSPS) is 12.9. The minimum Gasteiger partial charge on any atom is -0.228 e. The van der Waals surface area contributed by atoms with E-state index in [4.69, 9.17) is 9.97 Å². The fraction of sp³-hybridized carbons (Fsp3) is 0.0638. The Morgan fingerprint density at radius 1 is 0.367 bits per heavy atom. The molecule has 0 saturated carbocycles. The Morgan fingerprint density at radius 2 is 0.939 bits per heavy atom. The van der Waals surface area contributed by atoms with Gasteiger partial charge in [0.25, 0.3) is 0 Å². The number of hydrogen-bond donors (Lipinski definition) is 0. The maximum Gasteiger partial charge on any atom is 0.160 e. The second-order valence-corrected chi connectivity index (χ2v) is 13.4. The molecule has 232 valence electrons. The summed E-state index contributed by atoms with van der Waals surface area (Å²) in [7, 11) is 0. The van der Waals surface area contributed by atoms with Gasteiger partial charge >= 0.3 is 0 Å². The lowest BCUT2D eigenvalue weighted by molar-refractivity contribution is 0.662. The van der Waals surface area contributed by atoms with Gasteiger partial charge in [0.15, 0.2) is 5.82 Å². The van der Waals surface area contributed by atoms with Gasteiger partial charge in [-0.15, -0.1) is 0 Å². The minimum absolute atomic E-state index is 0.101. The molecule has 0 unspecified atom stereocenters. The van der Waals surface area contributed by atoms with Crippen LogP contribution in [0, 0.1) is 0 Å². The molecule has 9 rings (SSSR count). The summed E-state index contributed by atoms with van der Waals surface area (Å²) in [5, 5.41) is 2.37. The number of rotatable bonds is 5. The van der Waals surface area contributed by atoms with Gasteiger partial charge < -0.3 is 0 Å². The van der Waals surface area contributed by atoms with Crippen LogP contribution in [0.2, 0.25) is 0 Å². The topological polar surface area (TPSA) is 25.8 Å². The van der Waals surface area contributed by atoms with Crippen LogP contribution in [0.15, 0.2) is 170 Å². The molecule has 0 spiro atoms. The smallest absolute Gasteiger partial charge is 0.160 e. The number of benzene rings is 7. The summed E-state index contributed by atoms with van der Waals surface area (Å²) >= 11 is 0. The molecule has 0 amide bonds. The fourth-order valence-electron chi connectivity index (χ4n) is 7.60. The number of fused-ring (bicyclic) bond motifs is 4. The molecule has 0 N–H and O–H groups in total. The SMILES string of the molecule is CC1(C)c2ccccc2-c2cccc(-c3cccc(-c4cc(-c5ccc(-c6ccccc6)cc5)nc(-c5ccc6ccccc6c5)n4)c3)c21. The van der Waals surface area contributed by atoms with Crippen molar-refractivity contribution in [2.24, 2.45) is 0 Å². The first-order valence-corrected chi connectivity index (χ1v) is 16.9. The summed E-state index contributed by atoms with van der Waals surface area (Å²) in [6, 6.07) is 60.7. The molecule has 1 heterocycles. The molecule has 2 nitrogen and oxygen atoms in total. The molecule has 2 heteroatoms. The molecule has 0 fully saturated rings. The molecule has 0 radical (unpaired) electrons. The van der Waals surface area contributed by atoms with E-state index in [1.165, 1.54) is 55.3 Å². The maximum atomic E-state index is 5.23. The van der Waals surface area contributed by atoms with Gasteiger partial charge in [-0.25, -0.2) is 9.97 Å². The lowest BCUT2D eigenvalue weighted by Gasteiger charge is -2.24. The summed E-state index contributed by atoms with van der Waals surface area (Å²) in [4.78, 5) is 10.4. The van der Waals surface area contributed by atoms with E-state index in [1.807, 2.05) is 0 Å². The van der Waals surface area contributed by atoms with Crippen LogP contribution in [0.1, 0.15) is 25.0 Å². The lowest BCUT2D eigenvalue weighted by Crippen LogP contribution is -2.16. The summed E-state index contributed by atoms with van der Waals surface area (Å²) in [5.74, 6) is 0.716. The zero-order chi connectivity index (χ0) is 33.0. The van der Waals surface area contributed by atoms with Gasteiger partial charge in [-0.3, -0.25) is 0 Å². The molecular formula is C47H34N2. The van der Waals surface area contributed by atoms with Crippen molar-refractivity contribution < 1.29 is 0 Å². The van der Waals surface area contributed by atoms with E-state index in [9.17, 15) is 0 Å². The van der Waals surface area contributed by atoms with Crippen LogP contribution in [0.4, 0.5) is 0 Å². The lowest BCUT2D eigenvalue weighted by atomic mass is 9.78. The van der Waals surface area contributed by atoms with E-state index in [0.717, 1.165) is 28.1 Å². The van der Waals surface area contributed by atoms with Crippen molar-refractivity contribution in [3.8, 4) is 67.3 Å². The third-order valence-electron chi connectivity index (χ3n) is 10.1. The van der Waals surface area contributed by atoms with Crippen molar-refractivity contribution in [3.63, 3.8) is 0 Å². The summed E-state index contributed by atoms with van der Waals surface area (Å²) in [5.41, 5.74) is 15.1. The fourth-order valence-corrected chi connectivity index (χ4v) is 7.60. The highest BCUT2D eigenvalue weighted by Gasteiger charge is 2.37. The zero-order valence-electron chi connectivity index (χ0n) is 27.6. The van der Waals surface area contributed by atoms with E-state index < -0.39 is 0 Å². The molecule has 49 heavy (non-hydrogen) atoms. The van der Waals surface area contributed by atoms with Crippen molar-refractivity contribution in [1.82, 2.24) is 9.97 Å². The number of hydrogen-bond acceptors (Lipinski definition) is 2. The van der Waals surface area contributed by atoms with Gasteiger partial charge in [-0.05, 0) is 73.5 Å². The molecule has 0 aliphatic heterocycles.